The maximum absolute atomic E-state index is 12.2. The van der Waals surface area contributed by atoms with Crippen LogP contribution in [-0.2, 0) is 9.63 Å². The smallest absolute Gasteiger partial charge is 0.243 e. The van der Waals surface area contributed by atoms with Crippen LogP contribution in [0.25, 0.3) is 0 Å². The minimum Gasteiger partial charge on any atom is -0.398 e. The van der Waals surface area contributed by atoms with Gasteiger partial charge in [-0.05, 0) is 44.4 Å². The molecule has 1 aromatic carbocycles. The van der Waals surface area contributed by atoms with Crippen molar-refractivity contribution in [2.75, 3.05) is 24.2 Å². The Morgan fingerprint density at radius 1 is 1.47 bits per heavy atom. The average molecular weight is 263 g/mol. The highest BCUT2D eigenvalue weighted by molar-refractivity contribution is 5.95. The molecule has 0 saturated carbocycles. The summed E-state index contributed by atoms with van der Waals surface area (Å²) in [6, 6.07) is 5.20. The number of carbonyl (C=O) groups excluding carboxylic acids is 1. The summed E-state index contributed by atoms with van der Waals surface area (Å²) >= 11 is 0. The molecule has 5 heteroatoms. The second-order valence-electron chi connectivity index (χ2n) is 4.87. The maximum Gasteiger partial charge on any atom is 0.243 e. The van der Waals surface area contributed by atoms with Crippen LogP contribution in [0.15, 0.2) is 18.2 Å². The molecule has 1 saturated heterocycles. The van der Waals surface area contributed by atoms with Crippen LogP contribution in [0.3, 0.4) is 0 Å². The van der Waals surface area contributed by atoms with Crippen molar-refractivity contribution in [3.8, 4) is 0 Å². The second kappa shape index (κ2) is 6.04. The van der Waals surface area contributed by atoms with Crippen molar-refractivity contribution in [3.63, 3.8) is 0 Å². The third-order valence-corrected chi connectivity index (χ3v) is 3.47. The van der Waals surface area contributed by atoms with E-state index in [0.29, 0.717) is 12.3 Å². The number of carbonyl (C=O) groups is 1. The normalized spacial score (nSPS) is 18.0. The summed E-state index contributed by atoms with van der Waals surface area (Å²) in [5, 5.41) is 4.66. The fraction of sp³-hybridized carbons (Fsp3) is 0.500. The summed E-state index contributed by atoms with van der Waals surface area (Å²) in [6.07, 6.45) is 2.12. The third-order valence-electron chi connectivity index (χ3n) is 3.47. The highest BCUT2D eigenvalue weighted by Crippen LogP contribution is 2.21. The fourth-order valence-electron chi connectivity index (χ4n) is 2.08. The lowest BCUT2D eigenvalue weighted by Gasteiger charge is -2.30. The molecule has 0 spiro atoms. The van der Waals surface area contributed by atoms with Crippen LogP contribution >= 0.6 is 0 Å². The number of anilines is 2. The van der Waals surface area contributed by atoms with E-state index >= 15 is 0 Å². The average Bonchev–Trinajstić information content (AvgIpc) is 2.44. The molecule has 19 heavy (non-hydrogen) atoms. The third kappa shape index (κ3) is 3.24. The van der Waals surface area contributed by atoms with E-state index in [2.05, 4.69) is 5.32 Å². The van der Waals surface area contributed by atoms with Gasteiger partial charge in [0.1, 0.15) is 6.04 Å². The van der Waals surface area contributed by atoms with Gasteiger partial charge in [-0.15, -0.1) is 0 Å². The van der Waals surface area contributed by atoms with E-state index in [0.717, 1.165) is 30.6 Å². The summed E-state index contributed by atoms with van der Waals surface area (Å²) in [5.41, 5.74) is 8.16. The first-order valence-electron chi connectivity index (χ1n) is 6.65. The molecule has 1 atom stereocenters. The number of nitrogens with zero attached hydrogens (tertiary/aromatic N) is 1. The molecular formula is C14H21N3O2. The number of hydrogen-bond acceptors (Lipinski definition) is 4. The zero-order valence-electron chi connectivity index (χ0n) is 11.5. The molecule has 0 aromatic heterocycles. The van der Waals surface area contributed by atoms with Gasteiger partial charge in [0.15, 0.2) is 0 Å². The van der Waals surface area contributed by atoms with Gasteiger partial charge in [0.2, 0.25) is 5.91 Å². The van der Waals surface area contributed by atoms with Crippen molar-refractivity contribution in [1.29, 1.82) is 0 Å². The maximum atomic E-state index is 12.2. The van der Waals surface area contributed by atoms with E-state index in [1.807, 2.05) is 32.0 Å². The first kappa shape index (κ1) is 13.8. The molecule has 1 heterocycles. The highest BCUT2D eigenvalue weighted by atomic mass is 16.7. The molecule has 1 amide bonds. The van der Waals surface area contributed by atoms with Crippen LogP contribution in [-0.4, -0.2) is 30.2 Å². The van der Waals surface area contributed by atoms with Crippen LogP contribution in [0.4, 0.5) is 11.4 Å². The Balaban J connectivity index is 2.01. The summed E-state index contributed by atoms with van der Waals surface area (Å²) < 4.78 is 0. The van der Waals surface area contributed by atoms with E-state index in [1.54, 1.807) is 5.06 Å². The molecule has 1 aromatic rings. The standard InChI is InChI=1S/C14H21N3O2/c1-10-12(15)6-5-7-13(10)16-14(18)11(2)17-8-3-4-9-19-17/h5-7,11H,3-4,8-9,15H2,1-2H3,(H,16,18). The zero-order chi connectivity index (χ0) is 13.8. The molecule has 0 bridgehead atoms. The molecule has 1 fully saturated rings. The Hall–Kier alpha value is -1.59. The second-order valence-corrected chi connectivity index (χ2v) is 4.87. The van der Waals surface area contributed by atoms with Gasteiger partial charge in [0.05, 0.1) is 6.61 Å². The van der Waals surface area contributed by atoms with Gasteiger partial charge in [-0.25, -0.2) is 0 Å². The monoisotopic (exact) mass is 263 g/mol. The van der Waals surface area contributed by atoms with E-state index in [1.165, 1.54) is 0 Å². The van der Waals surface area contributed by atoms with Gasteiger partial charge in [-0.1, -0.05) is 6.07 Å². The lowest BCUT2D eigenvalue weighted by atomic mass is 10.1. The topological polar surface area (TPSA) is 67.6 Å². The predicted molar refractivity (Wildman–Crippen MR) is 75.6 cm³/mol. The van der Waals surface area contributed by atoms with Crippen LogP contribution < -0.4 is 11.1 Å². The highest BCUT2D eigenvalue weighted by Gasteiger charge is 2.24. The predicted octanol–water partition coefficient (Wildman–Crippen LogP) is 1.93. The number of benzene rings is 1. The Kier molecular flexibility index (Phi) is 4.39. The number of nitrogens with one attached hydrogen (secondary N) is 1. The summed E-state index contributed by atoms with van der Waals surface area (Å²) in [7, 11) is 0. The molecule has 1 unspecified atom stereocenters. The fourth-order valence-corrected chi connectivity index (χ4v) is 2.08. The molecule has 104 valence electrons. The minimum absolute atomic E-state index is 0.0735. The zero-order valence-corrected chi connectivity index (χ0v) is 11.5. The molecule has 1 aliphatic rings. The number of amides is 1. The molecule has 0 aliphatic carbocycles. The molecule has 5 nitrogen and oxygen atoms in total. The first-order valence-corrected chi connectivity index (χ1v) is 6.65. The minimum atomic E-state index is -0.305. The van der Waals surface area contributed by atoms with Crippen molar-refractivity contribution in [2.24, 2.45) is 0 Å². The van der Waals surface area contributed by atoms with Crippen molar-refractivity contribution in [1.82, 2.24) is 5.06 Å². The van der Waals surface area contributed by atoms with Crippen molar-refractivity contribution >= 4 is 17.3 Å². The number of nitrogen functional groups attached to an aromatic ring is 1. The summed E-state index contributed by atoms with van der Waals surface area (Å²) in [4.78, 5) is 17.7. The summed E-state index contributed by atoms with van der Waals surface area (Å²) in [6.45, 7) is 5.23. The number of hydroxylamine groups is 2. The van der Waals surface area contributed by atoms with Gasteiger partial charge in [0, 0.05) is 17.9 Å². The van der Waals surface area contributed by atoms with Crippen molar-refractivity contribution in [3.05, 3.63) is 23.8 Å². The van der Waals surface area contributed by atoms with Crippen LogP contribution in [0.5, 0.6) is 0 Å². The molecule has 3 N–H and O–H groups in total. The first-order chi connectivity index (χ1) is 9.09. The molecule has 0 radical (unpaired) electrons. The van der Waals surface area contributed by atoms with Crippen LogP contribution in [0.2, 0.25) is 0 Å². The van der Waals surface area contributed by atoms with Crippen LogP contribution in [0, 0.1) is 6.92 Å². The van der Waals surface area contributed by atoms with E-state index < -0.39 is 0 Å². The Morgan fingerprint density at radius 2 is 2.26 bits per heavy atom. The number of rotatable bonds is 3. The van der Waals surface area contributed by atoms with Gasteiger partial charge < -0.3 is 11.1 Å². The Morgan fingerprint density at radius 3 is 2.95 bits per heavy atom. The quantitative estimate of drug-likeness (QED) is 0.818. The number of hydrogen-bond donors (Lipinski definition) is 2. The molecule has 1 aliphatic heterocycles. The molecule has 2 rings (SSSR count). The largest absolute Gasteiger partial charge is 0.398 e. The lowest BCUT2D eigenvalue weighted by Crippen LogP contribution is -2.44. The van der Waals surface area contributed by atoms with E-state index in [9.17, 15) is 4.79 Å². The van der Waals surface area contributed by atoms with Crippen LogP contribution in [0.1, 0.15) is 25.3 Å². The van der Waals surface area contributed by atoms with Crippen molar-refractivity contribution in [2.45, 2.75) is 32.7 Å². The van der Waals surface area contributed by atoms with E-state index in [-0.39, 0.29) is 11.9 Å². The van der Waals surface area contributed by atoms with Gasteiger partial charge in [0.25, 0.3) is 0 Å². The van der Waals surface area contributed by atoms with Crippen molar-refractivity contribution < 1.29 is 9.63 Å². The van der Waals surface area contributed by atoms with Gasteiger partial charge in [-0.2, -0.15) is 5.06 Å². The summed E-state index contributed by atoms with van der Waals surface area (Å²) in [5.74, 6) is -0.0735. The Labute approximate surface area is 113 Å². The van der Waals surface area contributed by atoms with E-state index in [4.69, 9.17) is 10.6 Å². The lowest BCUT2D eigenvalue weighted by molar-refractivity contribution is -0.202. The molecular weight excluding hydrogens is 242 g/mol. The Bertz CT molecular complexity index is 456. The number of nitrogens with two attached hydrogens (primary N) is 1. The van der Waals surface area contributed by atoms with Gasteiger partial charge in [-0.3, -0.25) is 9.63 Å². The SMILES string of the molecule is Cc1c(N)cccc1NC(=O)C(C)N1CCCCO1. The van der Waals surface area contributed by atoms with Gasteiger partial charge >= 0.3 is 0 Å².